The van der Waals surface area contributed by atoms with Gasteiger partial charge in [-0.3, -0.25) is 4.79 Å². The molecule has 0 radical (unpaired) electrons. The molecule has 1 aromatic heterocycles. The predicted molar refractivity (Wildman–Crippen MR) is 62.1 cm³/mol. The Morgan fingerprint density at radius 2 is 2.06 bits per heavy atom. The number of aromatic amines is 1. The van der Waals surface area contributed by atoms with E-state index in [1.807, 2.05) is 17.0 Å². The van der Waals surface area contributed by atoms with Gasteiger partial charge in [0.15, 0.2) is 0 Å². The molecule has 16 heavy (non-hydrogen) atoms. The summed E-state index contributed by atoms with van der Waals surface area (Å²) in [6.45, 7) is 3.92. The van der Waals surface area contributed by atoms with Gasteiger partial charge in [0.2, 0.25) is 0 Å². The van der Waals surface area contributed by atoms with Crippen LogP contribution in [-0.2, 0) is 6.54 Å². The number of carbonyl (C=O) groups is 1. The third-order valence-corrected chi connectivity index (χ3v) is 2.99. The van der Waals surface area contributed by atoms with E-state index in [4.69, 9.17) is 5.73 Å². The number of hydrogen-bond donors (Lipinski definition) is 2. The first-order valence-corrected chi connectivity index (χ1v) is 5.56. The van der Waals surface area contributed by atoms with Crippen molar-refractivity contribution in [3.63, 3.8) is 0 Å². The Bertz CT molecular complexity index is 366. The zero-order chi connectivity index (χ0) is 11.5. The molecule has 1 saturated heterocycles. The van der Waals surface area contributed by atoms with E-state index in [2.05, 4.69) is 16.9 Å². The lowest BCUT2D eigenvalue weighted by Crippen LogP contribution is -2.47. The zero-order valence-corrected chi connectivity index (χ0v) is 9.57. The Morgan fingerprint density at radius 1 is 1.38 bits per heavy atom. The van der Waals surface area contributed by atoms with Crippen molar-refractivity contribution < 1.29 is 4.79 Å². The Kier molecular flexibility index (Phi) is 3.26. The highest BCUT2D eigenvalue weighted by molar-refractivity contribution is 5.92. The fraction of sp³-hybridized carbons (Fsp3) is 0.545. The minimum Gasteiger partial charge on any atom is -0.353 e. The fourth-order valence-electron chi connectivity index (χ4n) is 1.86. The van der Waals surface area contributed by atoms with Crippen LogP contribution in [0.2, 0.25) is 0 Å². The van der Waals surface area contributed by atoms with E-state index in [0.29, 0.717) is 12.2 Å². The molecule has 0 unspecified atom stereocenters. The summed E-state index contributed by atoms with van der Waals surface area (Å²) in [6, 6.07) is 3.67. The second kappa shape index (κ2) is 4.67. The molecule has 88 valence electrons. The molecule has 0 atom stereocenters. The number of carbonyl (C=O) groups excluding carboxylic acids is 1. The van der Waals surface area contributed by atoms with Gasteiger partial charge in [0.1, 0.15) is 5.69 Å². The molecular formula is C11H18N4O. The van der Waals surface area contributed by atoms with Gasteiger partial charge >= 0.3 is 0 Å². The molecule has 0 aromatic carbocycles. The third kappa shape index (κ3) is 2.25. The van der Waals surface area contributed by atoms with Crippen molar-refractivity contribution in [3.8, 4) is 0 Å². The SMILES string of the molecule is CN1CCN(C(=O)c2ccc(CN)[nH]2)CC1. The third-order valence-electron chi connectivity index (χ3n) is 2.99. The lowest BCUT2D eigenvalue weighted by Gasteiger charge is -2.32. The highest BCUT2D eigenvalue weighted by Gasteiger charge is 2.20. The molecule has 1 amide bonds. The summed E-state index contributed by atoms with van der Waals surface area (Å²) < 4.78 is 0. The smallest absolute Gasteiger partial charge is 0.270 e. The van der Waals surface area contributed by atoms with Gasteiger partial charge in [0, 0.05) is 38.4 Å². The summed E-state index contributed by atoms with van der Waals surface area (Å²) in [6.07, 6.45) is 0. The minimum atomic E-state index is 0.0767. The fourth-order valence-corrected chi connectivity index (χ4v) is 1.86. The van der Waals surface area contributed by atoms with E-state index in [-0.39, 0.29) is 5.91 Å². The van der Waals surface area contributed by atoms with Crippen molar-refractivity contribution in [2.75, 3.05) is 33.2 Å². The van der Waals surface area contributed by atoms with Crippen LogP contribution >= 0.6 is 0 Å². The summed E-state index contributed by atoms with van der Waals surface area (Å²) >= 11 is 0. The van der Waals surface area contributed by atoms with Gasteiger partial charge in [-0.15, -0.1) is 0 Å². The molecular weight excluding hydrogens is 204 g/mol. The first-order valence-electron chi connectivity index (χ1n) is 5.56. The molecule has 1 aliphatic rings. The van der Waals surface area contributed by atoms with Crippen LogP contribution < -0.4 is 5.73 Å². The van der Waals surface area contributed by atoms with Crippen LogP contribution in [0.25, 0.3) is 0 Å². The van der Waals surface area contributed by atoms with Crippen LogP contribution in [0.3, 0.4) is 0 Å². The summed E-state index contributed by atoms with van der Waals surface area (Å²) in [5.74, 6) is 0.0767. The maximum atomic E-state index is 12.1. The van der Waals surface area contributed by atoms with E-state index in [1.165, 1.54) is 0 Å². The van der Waals surface area contributed by atoms with Crippen LogP contribution in [0.5, 0.6) is 0 Å². The van der Waals surface area contributed by atoms with Gasteiger partial charge in [-0.05, 0) is 19.2 Å². The molecule has 2 heterocycles. The second-order valence-electron chi connectivity index (χ2n) is 4.20. The van der Waals surface area contributed by atoms with E-state index >= 15 is 0 Å². The second-order valence-corrected chi connectivity index (χ2v) is 4.20. The van der Waals surface area contributed by atoms with Crippen LogP contribution in [0.15, 0.2) is 12.1 Å². The number of rotatable bonds is 2. The predicted octanol–water partition coefficient (Wildman–Crippen LogP) is -0.139. The zero-order valence-electron chi connectivity index (χ0n) is 9.57. The van der Waals surface area contributed by atoms with E-state index in [0.717, 1.165) is 31.9 Å². The Hall–Kier alpha value is -1.33. The Balaban J connectivity index is 2.01. The average Bonchev–Trinajstić information content (AvgIpc) is 2.77. The maximum absolute atomic E-state index is 12.1. The number of aromatic nitrogens is 1. The van der Waals surface area contributed by atoms with E-state index < -0.39 is 0 Å². The Morgan fingerprint density at radius 3 is 2.62 bits per heavy atom. The first kappa shape index (κ1) is 11.2. The van der Waals surface area contributed by atoms with Crippen molar-refractivity contribution >= 4 is 5.91 Å². The van der Waals surface area contributed by atoms with Gasteiger partial charge in [0.05, 0.1) is 0 Å². The molecule has 0 spiro atoms. The minimum absolute atomic E-state index is 0.0767. The normalized spacial score (nSPS) is 17.8. The van der Waals surface area contributed by atoms with Gasteiger partial charge in [-0.1, -0.05) is 0 Å². The lowest BCUT2D eigenvalue weighted by atomic mass is 10.3. The van der Waals surface area contributed by atoms with Gasteiger partial charge in [-0.25, -0.2) is 0 Å². The molecule has 5 nitrogen and oxygen atoms in total. The largest absolute Gasteiger partial charge is 0.353 e. The molecule has 0 bridgehead atoms. The Labute approximate surface area is 95.2 Å². The average molecular weight is 222 g/mol. The molecule has 5 heteroatoms. The van der Waals surface area contributed by atoms with Crippen LogP contribution in [0, 0.1) is 0 Å². The molecule has 0 aliphatic carbocycles. The number of H-pyrrole nitrogens is 1. The number of nitrogens with two attached hydrogens (primary N) is 1. The van der Waals surface area contributed by atoms with E-state index in [1.54, 1.807) is 0 Å². The molecule has 0 saturated carbocycles. The highest BCUT2D eigenvalue weighted by atomic mass is 16.2. The van der Waals surface area contributed by atoms with Crippen molar-refractivity contribution in [2.24, 2.45) is 5.73 Å². The number of nitrogens with one attached hydrogen (secondary N) is 1. The van der Waals surface area contributed by atoms with Crippen molar-refractivity contribution in [3.05, 3.63) is 23.5 Å². The van der Waals surface area contributed by atoms with Gasteiger partial charge in [0.25, 0.3) is 5.91 Å². The summed E-state index contributed by atoms with van der Waals surface area (Å²) in [5, 5.41) is 0. The topological polar surface area (TPSA) is 65.4 Å². The van der Waals surface area contributed by atoms with Gasteiger partial charge < -0.3 is 20.5 Å². The lowest BCUT2D eigenvalue weighted by molar-refractivity contribution is 0.0659. The number of piperazine rings is 1. The maximum Gasteiger partial charge on any atom is 0.270 e. The number of amides is 1. The monoisotopic (exact) mass is 222 g/mol. The van der Waals surface area contributed by atoms with Crippen LogP contribution in [0.1, 0.15) is 16.2 Å². The molecule has 2 rings (SSSR count). The van der Waals surface area contributed by atoms with Gasteiger partial charge in [-0.2, -0.15) is 0 Å². The summed E-state index contributed by atoms with van der Waals surface area (Å²) in [7, 11) is 2.07. The standard InChI is InChI=1S/C11H18N4O/c1-14-4-6-15(7-5-14)11(16)10-3-2-9(8-12)13-10/h2-3,13H,4-8,12H2,1H3. The molecule has 1 fully saturated rings. The molecule has 1 aromatic rings. The highest BCUT2D eigenvalue weighted by Crippen LogP contribution is 2.08. The van der Waals surface area contributed by atoms with Crippen molar-refractivity contribution in [2.45, 2.75) is 6.54 Å². The molecule has 3 N–H and O–H groups in total. The number of hydrogen-bond acceptors (Lipinski definition) is 3. The number of likely N-dealkylation sites (N-methyl/N-ethyl adjacent to an activating group) is 1. The summed E-state index contributed by atoms with van der Waals surface area (Å²) in [4.78, 5) is 19.2. The quantitative estimate of drug-likeness (QED) is 0.732. The number of nitrogens with zero attached hydrogens (tertiary/aromatic N) is 2. The first-order chi connectivity index (χ1) is 7.70. The van der Waals surface area contributed by atoms with Crippen LogP contribution in [-0.4, -0.2) is 53.9 Å². The van der Waals surface area contributed by atoms with E-state index in [9.17, 15) is 4.79 Å². The molecule has 1 aliphatic heterocycles. The summed E-state index contributed by atoms with van der Waals surface area (Å²) in [5.41, 5.74) is 7.04. The van der Waals surface area contributed by atoms with Crippen molar-refractivity contribution in [1.29, 1.82) is 0 Å². The van der Waals surface area contributed by atoms with Crippen LogP contribution in [0.4, 0.5) is 0 Å². The van der Waals surface area contributed by atoms with Crippen molar-refractivity contribution in [1.82, 2.24) is 14.8 Å².